The van der Waals surface area contributed by atoms with Gasteiger partial charge in [0.1, 0.15) is 5.82 Å². The number of nitrogens with zero attached hydrogens (tertiary/aromatic N) is 2. The average Bonchev–Trinajstić information content (AvgIpc) is 3.05. The molecular formula is C12H19N3. The zero-order valence-electron chi connectivity index (χ0n) is 9.32. The van der Waals surface area contributed by atoms with E-state index in [0.717, 1.165) is 25.3 Å². The van der Waals surface area contributed by atoms with E-state index in [1.54, 1.807) is 0 Å². The number of anilines is 1. The molecule has 1 heterocycles. The summed E-state index contributed by atoms with van der Waals surface area (Å²) in [4.78, 5) is 6.87. The molecule has 3 heteroatoms. The molecule has 15 heavy (non-hydrogen) atoms. The maximum atomic E-state index is 5.55. The Morgan fingerprint density at radius 3 is 2.80 bits per heavy atom. The second kappa shape index (κ2) is 4.62. The van der Waals surface area contributed by atoms with Crippen molar-refractivity contribution in [3.63, 3.8) is 0 Å². The summed E-state index contributed by atoms with van der Waals surface area (Å²) in [5, 5.41) is 0. The van der Waals surface area contributed by atoms with Gasteiger partial charge in [-0.25, -0.2) is 4.98 Å². The van der Waals surface area contributed by atoms with Gasteiger partial charge in [0.05, 0.1) is 0 Å². The fourth-order valence-corrected chi connectivity index (χ4v) is 1.76. The van der Waals surface area contributed by atoms with Gasteiger partial charge < -0.3 is 10.6 Å². The van der Waals surface area contributed by atoms with Gasteiger partial charge in [-0.05, 0) is 44.4 Å². The van der Waals surface area contributed by atoms with Crippen LogP contribution in [0.5, 0.6) is 0 Å². The van der Waals surface area contributed by atoms with Crippen molar-refractivity contribution in [3.8, 4) is 0 Å². The Hall–Kier alpha value is -1.09. The van der Waals surface area contributed by atoms with E-state index in [2.05, 4.69) is 28.9 Å². The van der Waals surface area contributed by atoms with Crippen LogP contribution in [0.3, 0.4) is 0 Å². The molecule has 82 valence electrons. The normalized spacial score (nSPS) is 15.3. The van der Waals surface area contributed by atoms with E-state index in [4.69, 9.17) is 5.73 Å². The molecule has 3 nitrogen and oxygen atoms in total. The van der Waals surface area contributed by atoms with Crippen LogP contribution in [0, 0.1) is 6.92 Å². The Bertz CT molecular complexity index is 303. The third kappa shape index (κ3) is 2.69. The standard InChI is InChI=1S/C12H19N3/c1-10-3-6-12(14-9-10)15(8-2-7-13)11-4-5-11/h3,6,9,11H,2,4-5,7-8,13H2,1H3. The van der Waals surface area contributed by atoms with Crippen molar-refractivity contribution in [2.45, 2.75) is 32.2 Å². The maximum absolute atomic E-state index is 5.55. The van der Waals surface area contributed by atoms with Crippen molar-refractivity contribution in [2.75, 3.05) is 18.0 Å². The lowest BCUT2D eigenvalue weighted by atomic mass is 10.3. The van der Waals surface area contributed by atoms with Gasteiger partial charge in [0.25, 0.3) is 0 Å². The molecule has 1 fully saturated rings. The van der Waals surface area contributed by atoms with Gasteiger partial charge in [-0.2, -0.15) is 0 Å². The molecule has 0 saturated heterocycles. The number of hydrogen-bond acceptors (Lipinski definition) is 3. The van der Waals surface area contributed by atoms with Gasteiger partial charge in [-0.15, -0.1) is 0 Å². The Morgan fingerprint density at radius 1 is 1.47 bits per heavy atom. The molecule has 1 aromatic heterocycles. The summed E-state index contributed by atoms with van der Waals surface area (Å²) in [5.41, 5.74) is 6.77. The third-order valence-electron chi connectivity index (χ3n) is 2.78. The molecule has 0 aromatic carbocycles. The van der Waals surface area contributed by atoms with Gasteiger partial charge in [0, 0.05) is 18.8 Å². The Kier molecular flexibility index (Phi) is 3.21. The highest BCUT2D eigenvalue weighted by Gasteiger charge is 2.29. The molecule has 1 aromatic rings. The van der Waals surface area contributed by atoms with Gasteiger partial charge in [-0.3, -0.25) is 0 Å². The van der Waals surface area contributed by atoms with Crippen molar-refractivity contribution < 1.29 is 0 Å². The van der Waals surface area contributed by atoms with Crippen molar-refractivity contribution >= 4 is 5.82 Å². The Balaban J connectivity index is 2.06. The van der Waals surface area contributed by atoms with Crippen LogP contribution in [0.15, 0.2) is 18.3 Å². The Morgan fingerprint density at radius 2 is 2.27 bits per heavy atom. The summed E-state index contributed by atoms with van der Waals surface area (Å²) in [6.07, 6.45) is 5.60. The highest BCUT2D eigenvalue weighted by atomic mass is 15.2. The second-order valence-corrected chi connectivity index (χ2v) is 4.26. The fraction of sp³-hybridized carbons (Fsp3) is 0.583. The lowest BCUT2D eigenvalue weighted by Crippen LogP contribution is -2.29. The second-order valence-electron chi connectivity index (χ2n) is 4.26. The highest BCUT2D eigenvalue weighted by molar-refractivity contribution is 5.41. The van der Waals surface area contributed by atoms with E-state index in [-0.39, 0.29) is 0 Å². The van der Waals surface area contributed by atoms with E-state index in [1.165, 1.54) is 18.4 Å². The largest absolute Gasteiger partial charge is 0.354 e. The van der Waals surface area contributed by atoms with Crippen molar-refractivity contribution in [1.29, 1.82) is 0 Å². The fourth-order valence-electron chi connectivity index (χ4n) is 1.76. The van der Waals surface area contributed by atoms with Gasteiger partial charge in [0.2, 0.25) is 0 Å². The highest BCUT2D eigenvalue weighted by Crippen LogP contribution is 2.30. The minimum absolute atomic E-state index is 0.715. The smallest absolute Gasteiger partial charge is 0.128 e. The monoisotopic (exact) mass is 205 g/mol. The summed E-state index contributed by atoms with van der Waals surface area (Å²) in [5.74, 6) is 1.11. The van der Waals surface area contributed by atoms with Gasteiger partial charge >= 0.3 is 0 Å². The minimum atomic E-state index is 0.715. The van der Waals surface area contributed by atoms with Crippen LogP contribution in [-0.4, -0.2) is 24.1 Å². The molecular weight excluding hydrogens is 186 g/mol. The molecule has 1 aliphatic rings. The van der Waals surface area contributed by atoms with Crippen molar-refractivity contribution in [2.24, 2.45) is 5.73 Å². The summed E-state index contributed by atoms with van der Waals surface area (Å²) in [6.45, 7) is 3.87. The summed E-state index contributed by atoms with van der Waals surface area (Å²) < 4.78 is 0. The van der Waals surface area contributed by atoms with E-state index in [0.29, 0.717) is 6.04 Å². The predicted molar refractivity (Wildman–Crippen MR) is 63.0 cm³/mol. The minimum Gasteiger partial charge on any atom is -0.354 e. The summed E-state index contributed by atoms with van der Waals surface area (Å²) in [7, 11) is 0. The molecule has 2 rings (SSSR count). The summed E-state index contributed by atoms with van der Waals surface area (Å²) >= 11 is 0. The molecule has 0 aliphatic heterocycles. The number of nitrogens with two attached hydrogens (primary N) is 1. The van der Waals surface area contributed by atoms with Gasteiger partial charge in [-0.1, -0.05) is 6.07 Å². The third-order valence-corrected chi connectivity index (χ3v) is 2.78. The zero-order valence-corrected chi connectivity index (χ0v) is 9.32. The SMILES string of the molecule is Cc1ccc(N(CCCN)C2CC2)nc1. The number of rotatable bonds is 5. The first-order valence-electron chi connectivity index (χ1n) is 5.70. The number of aromatic nitrogens is 1. The van der Waals surface area contributed by atoms with Crippen LogP contribution in [0.2, 0.25) is 0 Å². The maximum Gasteiger partial charge on any atom is 0.128 e. The molecule has 1 aliphatic carbocycles. The topological polar surface area (TPSA) is 42.1 Å². The first-order chi connectivity index (χ1) is 7.31. The first kappa shape index (κ1) is 10.4. The number of hydrogen-bond donors (Lipinski definition) is 1. The van der Waals surface area contributed by atoms with Crippen LogP contribution in [0.4, 0.5) is 5.82 Å². The molecule has 0 radical (unpaired) electrons. The lowest BCUT2D eigenvalue weighted by Gasteiger charge is -2.23. The van der Waals surface area contributed by atoms with Crippen molar-refractivity contribution in [3.05, 3.63) is 23.9 Å². The van der Waals surface area contributed by atoms with Crippen LogP contribution in [-0.2, 0) is 0 Å². The predicted octanol–water partition coefficient (Wildman–Crippen LogP) is 1.71. The van der Waals surface area contributed by atoms with E-state index in [1.807, 2.05) is 6.20 Å². The molecule has 0 bridgehead atoms. The van der Waals surface area contributed by atoms with Crippen LogP contribution in [0.1, 0.15) is 24.8 Å². The van der Waals surface area contributed by atoms with Crippen LogP contribution in [0.25, 0.3) is 0 Å². The number of pyridine rings is 1. The average molecular weight is 205 g/mol. The van der Waals surface area contributed by atoms with E-state index < -0.39 is 0 Å². The van der Waals surface area contributed by atoms with E-state index in [9.17, 15) is 0 Å². The molecule has 0 atom stereocenters. The summed E-state index contributed by atoms with van der Waals surface area (Å²) in [6, 6.07) is 4.95. The molecule has 0 spiro atoms. The lowest BCUT2D eigenvalue weighted by molar-refractivity contribution is 0.722. The molecule has 1 saturated carbocycles. The molecule has 0 amide bonds. The molecule has 2 N–H and O–H groups in total. The zero-order chi connectivity index (χ0) is 10.7. The van der Waals surface area contributed by atoms with Gasteiger partial charge in [0.15, 0.2) is 0 Å². The van der Waals surface area contributed by atoms with Crippen molar-refractivity contribution in [1.82, 2.24) is 4.98 Å². The van der Waals surface area contributed by atoms with Crippen LogP contribution < -0.4 is 10.6 Å². The number of aryl methyl sites for hydroxylation is 1. The first-order valence-corrected chi connectivity index (χ1v) is 5.70. The van der Waals surface area contributed by atoms with Crippen LogP contribution >= 0.6 is 0 Å². The molecule has 0 unspecified atom stereocenters. The quantitative estimate of drug-likeness (QED) is 0.795. The Labute approximate surface area is 91.3 Å². The van der Waals surface area contributed by atoms with E-state index >= 15 is 0 Å².